The van der Waals surface area contributed by atoms with Gasteiger partial charge in [0.15, 0.2) is 0 Å². The highest BCUT2D eigenvalue weighted by Gasteiger charge is 2.49. The van der Waals surface area contributed by atoms with Crippen LogP contribution in [0.1, 0.15) is 13.8 Å². The van der Waals surface area contributed by atoms with Crippen LogP contribution >= 0.6 is 11.8 Å². The summed E-state index contributed by atoms with van der Waals surface area (Å²) in [5.41, 5.74) is 6.28. The van der Waals surface area contributed by atoms with E-state index in [-0.39, 0.29) is 0 Å². The predicted octanol–water partition coefficient (Wildman–Crippen LogP) is -0.0346. The van der Waals surface area contributed by atoms with E-state index in [1.165, 1.54) is 0 Å². The zero-order valence-corrected chi connectivity index (χ0v) is 7.85. The van der Waals surface area contributed by atoms with Crippen molar-refractivity contribution in [2.45, 2.75) is 30.6 Å². The van der Waals surface area contributed by atoms with Crippen molar-refractivity contribution < 1.29 is 0 Å². The van der Waals surface area contributed by atoms with Gasteiger partial charge < -0.3 is 0 Å². The lowest BCUT2D eigenvalue weighted by molar-refractivity contribution is -0.112. The normalized spacial score (nSPS) is 39.3. The van der Waals surface area contributed by atoms with Crippen molar-refractivity contribution in [1.29, 1.82) is 0 Å². The summed E-state index contributed by atoms with van der Waals surface area (Å²) in [5.74, 6) is 0. The van der Waals surface area contributed by atoms with E-state index in [0.717, 1.165) is 0 Å². The first-order chi connectivity index (χ1) is 5.20. The van der Waals surface area contributed by atoms with Gasteiger partial charge in [-0.1, -0.05) is 0 Å². The third-order valence-corrected chi connectivity index (χ3v) is 3.09. The lowest BCUT2D eigenvalue weighted by atomic mass is 10.3. The van der Waals surface area contributed by atoms with E-state index < -0.39 is 0 Å². The fraction of sp³-hybridized carbons (Fsp3) is 1.00. The first-order valence-electron chi connectivity index (χ1n) is 3.89. The Bertz CT molecular complexity index is 161. The Balaban J connectivity index is 2.04. The van der Waals surface area contributed by atoms with Gasteiger partial charge in [0.1, 0.15) is 0 Å². The summed E-state index contributed by atoms with van der Waals surface area (Å²) in [6.45, 7) is 4.42. The Morgan fingerprint density at radius 2 is 2.18 bits per heavy atom. The second-order valence-electron chi connectivity index (χ2n) is 3.20. The van der Waals surface area contributed by atoms with Crippen LogP contribution in [0, 0.1) is 0 Å². The molecular weight excluding hydrogens is 160 g/mol. The standard InChI is InChI=1S/C6H14N4S/c1-4(2)10-6-5(11-6)7-8-9(10)3/h4-8H,1-3H3. The largest absolute Gasteiger partial charge is 0.227 e. The highest BCUT2D eigenvalue weighted by Crippen LogP contribution is 2.44. The summed E-state index contributed by atoms with van der Waals surface area (Å²) in [4.78, 5) is 0. The average Bonchev–Trinajstić information content (AvgIpc) is 2.64. The second kappa shape index (κ2) is 2.60. The summed E-state index contributed by atoms with van der Waals surface area (Å²) < 4.78 is 0. The number of rotatable bonds is 1. The van der Waals surface area contributed by atoms with Gasteiger partial charge in [-0.3, -0.25) is 0 Å². The molecule has 2 heterocycles. The zero-order valence-electron chi connectivity index (χ0n) is 7.03. The minimum Gasteiger partial charge on any atom is -0.227 e. The van der Waals surface area contributed by atoms with Crippen LogP contribution in [0.3, 0.4) is 0 Å². The highest BCUT2D eigenvalue weighted by molar-refractivity contribution is 8.07. The topological polar surface area (TPSA) is 30.5 Å². The summed E-state index contributed by atoms with van der Waals surface area (Å²) in [7, 11) is 2.03. The van der Waals surface area contributed by atoms with E-state index in [0.29, 0.717) is 16.8 Å². The third kappa shape index (κ3) is 1.27. The van der Waals surface area contributed by atoms with Gasteiger partial charge >= 0.3 is 0 Å². The zero-order chi connectivity index (χ0) is 8.01. The summed E-state index contributed by atoms with van der Waals surface area (Å²) in [6, 6.07) is 0.567. The van der Waals surface area contributed by atoms with E-state index in [1.54, 1.807) is 0 Å². The van der Waals surface area contributed by atoms with Crippen LogP contribution in [0.4, 0.5) is 0 Å². The molecule has 2 rings (SSSR count). The molecule has 4 nitrogen and oxygen atoms in total. The molecule has 0 aliphatic carbocycles. The van der Waals surface area contributed by atoms with Gasteiger partial charge in [-0.2, -0.15) is 10.7 Å². The summed E-state index contributed by atoms with van der Waals surface area (Å²) in [6.07, 6.45) is 0. The first kappa shape index (κ1) is 7.82. The molecule has 64 valence electrons. The van der Waals surface area contributed by atoms with Crippen molar-refractivity contribution in [3.8, 4) is 0 Å². The molecule has 2 aliphatic heterocycles. The molecule has 0 aromatic heterocycles. The van der Waals surface area contributed by atoms with Crippen molar-refractivity contribution in [2.24, 2.45) is 0 Å². The Labute approximate surface area is 71.2 Å². The molecule has 0 spiro atoms. The van der Waals surface area contributed by atoms with Crippen LogP contribution in [0.25, 0.3) is 0 Å². The number of nitrogens with zero attached hydrogens (tertiary/aromatic N) is 2. The number of nitrogens with one attached hydrogen (secondary N) is 2. The van der Waals surface area contributed by atoms with Crippen molar-refractivity contribution >= 4 is 11.8 Å². The van der Waals surface area contributed by atoms with Gasteiger partial charge in [-0.05, 0) is 13.8 Å². The number of fused-ring (bicyclic) bond motifs is 1. The predicted molar refractivity (Wildman–Crippen MR) is 46.2 cm³/mol. The molecule has 2 aliphatic rings. The van der Waals surface area contributed by atoms with E-state index in [1.807, 2.05) is 23.9 Å². The van der Waals surface area contributed by atoms with E-state index in [2.05, 4.69) is 29.8 Å². The second-order valence-corrected chi connectivity index (χ2v) is 4.46. The minimum absolute atomic E-state index is 0.567. The molecule has 2 fully saturated rings. The maximum absolute atomic E-state index is 3.19. The number of thioether (sulfide) groups is 1. The molecule has 2 unspecified atom stereocenters. The Kier molecular flexibility index (Phi) is 1.85. The third-order valence-electron chi connectivity index (χ3n) is 1.97. The maximum Gasteiger partial charge on any atom is 0.0991 e. The van der Waals surface area contributed by atoms with E-state index >= 15 is 0 Å². The molecule has 2 N–H and O–H groups in total. The lowest BCUT2D eigenvalue weighted by Crippen LogP contribution is -2.62. The number of hydrogen-bond acceptors (Lipinski definition) is 5. The molecule has 2 saturated heterocycles. The molecule has 0 aromatic carbocycles. The SMILES string of the molecule is CC(C)N1C2SC2NNN1C. The smallest absolute Gasteiger partial charge is 0.0991 e. The molecule has 0 bridgehead atoms. The van der Waals surface area contributed by atoms with E-state index in [4.69, 9.17) is 0 Å². The Morgan fingerprint density at radius 1 is 1.45 bits per heavy atom. The molecule has 0 saturated carbocycles. The molecular formula is C6H14N4S. The van der Waals surface area contributed by atoms with Crippen LogP contribution in [0.5, 0.6) is 0 Å². The van der Waals surface area contributed by atoms with Gasteiger partial charge in [0.2, 0.25) is 0 Å². The monoisotopic (exact) mass is 174 g/mol. The molecule has 2 atom stereocenters. The van der Waals surface area contributed by atoms with Gasteiger partial charge in [0, 0.05) is 13.1 Å². The highest BCUT2D eigenvalue weighted by atomic mass is 32.2. The van der Waals surface area contributed by atoms with E-state index in [9.17, 15) is 0 Å². The molecule has 0 amide bonds. The van der Waals surface area contributed by atoms with Gasteiger partial charge in [-0.15, -0.1) is 11.8 Å². The van der Waals surface area contributed by atoms with Gasteiger partial charge in [0.25, 0.3) is 0 Å². The summed E-state index contributed by atoms with van der Waals surface area (Å²) in [5, 5.41) is 5.59. The quantitative estimate of drug-likeness (QED) is 0.545. The van der Waals surface area contributed by atoms with Crippen molar-refractivity contribution in [1.82, 2.24) is 21.1 Å². The van der Waals surface area contributed by atoms with Crippen LogP contribution in [0.15, 0.2) is 0 Å². The Hall–Kier alpha value is 0.190. The Morgan fingerprint density at radius 3 is 2.73 bits per heavy atom. The van der Waals surface area contributed by atoms with Crippen molar-refractivity contribution in [3.63, 3.8) is 0 Å². The van der Waals surface area contributed by atoms with Crippen LogP contribution in [-0.4, -0.2) is 34.0 Å². The van der Waals surface area contributed by atoms with Crippen molar-refractivity contribution in [2.75, 3.05) is 7.05 Å². The summed E-state index contributed by atoms with van der Waals surface area (Å²) >= 11 is 1.95. The fourth-order valence-corrected chi connectivity index (χ4v) is 2.47. The van der Waals surface area contributed by atoms with Gasteiger partial charge in [-0.25, -0.2) is 10.4 Å². The van der Waals surface area contributed by atoms with Gasteiger partial charge in [0.05, 0.1) is 10.7 Å². The van der Waals surface area contributed by atoms with Crippen LogP contribution in [-0.2, 0) is 0 Å². The number of hydrogen-bond donors (Lipinski definition) is 2. The van der Waals surface area contributed by atoms with Crippen LogP contribution < -0.4 is 11.0 Å². The number of hydrazine groups is 3. The molecule has 5 heteroatoms. The minimum atomic E-state index is 0.567. The fourth-order valence-electron chi connectivity index (χ4n) is 1.44. The molecule has 0 aromatic rings. The van der Waals surface area contributed by atoms with Crippen LogP contribution in [0.2, 0.25) is 0 Å². The lowest BCUT2D eigenvalue weighted by Gasteiger charge is -2.37. The first-order valence-corrected chi connectivity index (χ1v) is 4.83. The average molecular weight is 174 g/mol. The molecule has 0 radical (unpaired) electrons. The molecule has 11 heavy (non-hydrogen) atoms. The maximum atomic E-state index is 3.19. The van der Waals surface area contributed by atoms with Crippen molar-refractivity contribution in [3.05, 3.63) is 0 Å².